The number of fused-ring (bicyclic) bond motifs is 1. The van der Waals surface area contributed by atoms with Crippen molar-refractivity contribution in [1.29, 1.82) is 0 Å². The lowest BCUT2D eigenvalue weighted by Gasteiger charge is -2.27. The minimum absolute atomic E-state index is 0.0153. The Morgan fingerprint density at radius 3 is 2.84 bits per heavy atom. The van der Waals surface area contributed by atoms with Crippen LogP contribution in [-0.2, 0) is 27.2 Å². The number of methoxy groups -OCH3 is 1. The predicted octanol–water partition coefficient (Wildman–Crippen LogP) is 0.599. The van der Waals surface area contributed by atoms with Gasteiger partial charge in [-0.25, -0.2) is 4.98 Å². The first-order valence-corrected chi connectivity index (χ1v) is 8.86. The van der Waals surface area contributed by atoms with Crippen molar-refractivity contribution in [2.45, 2.75) is 44.4 Å². The summed E-state index contributed by atoms with van der Waals surface area (Å²) in [6.07, 6.45) is 2.86. The standard InChI is InChI=1S/C17H23N3O5/c1-23-11-4-6-19(9-11)17(22)15-18-12-10-20(7-5-13(12)25-15)16(21)14-3-2-8-24-14/h11,14H,2-10H2,1H3/t11-,14+/m1/s1. The van der Waals surface area contributed by atoms with E-state index in [1.807, 2.05) is 0 Å². The second-order valence-corrected chi connectivity index (χ2v) is 6.80. The van der Waals surface area contributed by atoms with Crippen molar-refractivity contribution in [3.8, 4) is 0 Å². The minimum atomic E-state index is -0.329. The lowest BCUT2D eigenvalue weighted by atomic mass is 10.1. The van der Waals surface area contributed by atoms with Crippen LogP contribution < -0.4 is 0 Å². The molecule has 0 saturated carbocycles. The Balaban J connectivity index is 1.43. The van der Waals surface area contributed by atoms with Crippen LogP contribution >= 0.6 is 0 Å². The van der Waals surface area contributed by atoms with Gasteiger partial charge in [-0.05, 0) is 19.3 Å². The highest BCUT2D eigenvalue weighted by Crippen LogP contribution is 2.24. The first-order chi connectivity index (χ1) is 12.2. The summed E-state index contributed by atoms with van der Waals surface area (Å²) >= 11 is 0. The number of amides is 2. The van der Waals surface area contributed by atoms with E-state index in [1.165, 1.54) is 0 Å². The molecule has 8 heteroatoms. The highest BCUT2D eigenvalue weighted by atomic mass is 16.5. The van der Waals surface area contributed by atoms with E-state index >= 15 is 0 Å². The van der Waals surface area contributed by atoms with E-state index < -0.39 is 0 Å². The van der Waals surface area contributed by atoms with Crippen LogP contribution in [0.3, 0.4) is 0 Å². The summed E-state index contributed by atoms with van der Waals surface area (Å²) in [7, 11) is 1.65. The molecule has 0 unspecified atom stereocenters. The average Bonchev–Trinajstić information content (AvgIpc) is 3.39. The molecule has 8 nitrogen and oxygen atoms in total. The fourth-order valence-corrected chi connectivity index (χ4v) is 3.69. The Bertz CT molecular complexity index is 667. The topological polar surface area (TPSA) is 85.1 Å². The van der Waals surface area contributed by atoms with Crippen molar-refractivity contribution < 1.29 is 23.5 Å². The number of carbonyl (C=O) groups excluding carboxylic acids is 2. The zero-order valence-electron chi connectivity index (χ0n) is 14.4. The number of rotatable bonds is 3. The molecule has 4 rings (SSSR count). The first-order valence-electron chi connectivity index (χ1n) is 8.86. The number of likely N-dealkylation sites (tertiary alicyclic amines) is 1. The van der Waals surface area contributed by atoms with Crippen molar-refractivity contribution >= 4 is 11.8 Å². The Labute approximate surface area is 146 Å². The molecule has 3 aliphatic heterocycles. The quantitative estimate of drug-likeness (QED) is 0.794. The van der Waals surface area contributed by atoms with E-state index in [4.69, 9.17) is 13.9 Å². The van der Waals surface area contributed by atoms with Gasteiger partial charge in [-0.1, -0.05) is 0 Å². The van der Waals surface area contributed by atoms with Gasteiger partial charge in [0.25, 0.3) is 11.8 Å². The Morgan fingerprint density at radius 2 is 2.12 bits per heavy atom. The van der Waals surface area contributed by atoms with Crippen LogP contribution in [0.4, 0.5) is 0 Å². The molecule has 1 aromatic heterocycles. The molecule has 2 fully saturated rings. The van der Waals surface area contributed by atoms with Crippen molar-refractivity contribution in [3.05, 3.63) is 17.3 Å². The molecule has 4 heterocycles. The van der Waals surface area contributed by atoms with Crippen LogP contribution in [-0.4, -0.2) is 72.2 Å². The fourth-order valence-electron chi connectivity index (χ4n) is 3.69. The monoisotopic (exact) mass is 349 g/mol. The van der Waals surface area contributed by atoms with Crippen molar-refractivity contribution in [2.75, 3.05) is 33.4 Å². The van der Waals surface area contributed by atoms with Crippen LogP contribution in [0.5, 0.6) is 0 Å². The van der Waals surface area contributed by atoms with Crippen molar-refractivity contribution in [3.63, 3.8) is 0 Å². The maximum absolute atomic E-state index is 12.6. The molecular formula is C17H23N3O5. The van der Waals surface area contributed by atoms with Crippen molar-refractivity contribution in [2.24, 2.45) is 0 Å². The van der Waals surface area contributed by atoms with Crippen LogP contribution in [0.15, 0.2) is 4.42 Å². The molecular weight excluding hydrogens is 326 g/mol. The van der Waals surface area contributed by atoms with Gasteiger partial charge in [-0.15, -0.1) is 0 Å². The van der Waals surface area contributed by atoms with Gasteiger partial charge in [-0.2, -0.15) is 0 Å². The van der Waals surface area contributed by atoms with Gasteiger partial charge in [0.15, 0.2) is 0 Å². The smallest absolute Gasteiger partial charge is 0.309 e. The number of hydrogen-bond donors (Lipinski definition) is 0. The second-order valence-electron chi connectivity index (χ2n) is 6.80. The second kappa shape index (κ2) is 6.76. The number of nitrogens with zero attached hydrogens (tertiary/aromatic N) is 3. The van der Waals surface area contributed by atoms with Crippen molar-refractivity contribution in [1.82, 2.24) is 14.8 Å². The van der Waals surface area contributed by atoms with Crippen LogP contribution in [0.25, 0.3) is 0 Å². The van der Waals surface area contributed by atoms with Gasteiger partial charge in [-0.3, -0.25) is 9.59 Å². The molecule has 0 radical (unpaired) electrons. The van der Waals surface area contributed by atoms with Gasteiger partial charge in [0.05, 0.1) is 12.6 Å². The van der Waals surface area contributed by atoms with Gasteiger partial charge in [0.2, 0.25) is 0 Å². The Morgan fingerprint density at radius 1 is 1.24 bits per heavy atom. The molecule has 0 spiro atoms. The third kappa shape index (κ3) is 3.16. The minimum Gasteiger partial charge on any atom is -0.437 e. The summed E-state index contributed by atoms with van der Waals surface area (Å²) in [5, 5.41) is 0. The SMILES string of the molecule is CO[C@@H]1CCN(C(=O)c2nc3c(o2)CCN(C(=O)[C@@H]2CCCO2)C3)C1. The molecule has 0 N–H and O–H groups in total. The number of ether oxygens (including phenoxy) is 2. The zero-order chi connectivity index (χ0) is 17.4. The van der Waals surface area contributed by atoms with Gasteiger partial charge in [0, 0.05) is 39.8 Å². The first kappa shape index (κ1) is 16.5. The van der Waals surface area contributed by atoms with Crippen LogP contribution in [0, 0.1) is 0 Å². The predicted molar refractivity (Wildman–Crippen MR) is 85.9 cm³/mol. The summed E-state index contributed by atoms with van der Waals surface area (Å²) in [6, 6.07) is 0. The maximum Gasteiger partial charge on any atom is 0.309 e. The highest BCUT2D eigenvalue weighted by molar-refractivity contribution is 5.90. The number of aromatic nitrogens is 1. The summed E-state index contributed by atoms with van der Waals surface area (Å²) in [5.41, 5.74) is 0.684. The Kier molecular flexibility index (Phi) is 4.47. The number of carbonyl (C=O) groups is 2. The van der Waals surface area contributed by atoms with Gasteiger partial charge >= 0.3 is 5.91 Å². The molecule has 1 aromatic rings. The van der Waals surface area contributed by atoms with E-state index in [-0.39, 0.29) is 29.9 Å². The summed E-state index contributed by atoms with van der Waals surface area (Å²) < 4.78 is 16.5. The third-order valence-corrected chi connectivity index (χ3v) is 5.19. The fraction of sp³-hybridized carbons (Fsp3) is 0.706. The molecule has 136 valence electrons. The van der Waals surface area contributed by atoms with Crippen LogP contribution in [0.2, 0.25) is 0 Å². The highest BCUT2D eigenvalue weighted by Gasteiger charge is 2.34. The molecule has 0 bridgehead atoms. The Hall–Kier alpha value is -1.93. The van der Waals surface area contributed by atoms with E-state index in [1.54, 1.807) is 16.9 Å². The van der Waals surface area contributed by atoms with Gasteiger partial charge in [0.1, 0.15) is 17.6 Å². The maximum atomic E-state index is 12.6. The number of oxazole rings is 1. The van der Waals surface area contributed by atoms with E-state index in [0.717, 1.165) is 19.3 Å². The molecule has 2 saturated heterocycles. The summed E-state index contributed by atoms with van der Waals surface area (Å²) in [6.45, 7) is 2.81. The van der Waals surface area contributed by atoms with E-state index in [0.29, 0.717) is 50.7 Å². The van der Waals surface area contributed by atoms with Gasteiger partial charge < -0.3 is 23.7 Å². The summed E-state index contributed by atoms with van der Waals surface area (Å²) in [5.74, 6) is 0.642. The molecule has 2 atom stereocenters. The molecule has 0 aromatic carbocycles. The molecule has 2 amide bonds. The molecule has 25 heavy (non-hydrogen) atoms. The zero-order valence-corrected chi connectivity index (χ0v) is 14.4. The molecule has 0 aliphatic carbocycles. The third-order valence-electron chi connectivity index (χ3n) is 5.19. The largest absolute Gasteiger partial charge is 0.437 e. The van der Waals surface area contributed by atoms with E-state index in [2.05, 4.69) is 4.98 Å². The molecule has 3 aliphatic rings. The normalized spacial score (nSPS) is 26.1. The summed E-state index contributed by atoms with van der Waals surface area (Å²) in [4.78, 5) is 32.9. The lowest BCUT2D eigenvalue weighted by Crippen LogP contribution is -2.41. The number of hydrogen-bond acceptors (Lipinski definition) is 6. The van der Waals surface area contributed by atoms with Crippen LogP contribution in [0.1, 0.15) is 41.4 Å². The lowest BCUT2D eigenvalue weighted by molar-refractivity contribution is -0.142. The average molecular weight is 349 g/mol. The van der Waals surface area contributed by atoms with E-state index in [9.17, 15) is 9.59 Å².